The number of carbonyl (C=O) groups excluding carboxylic acids is 2. The van der Waals surface area contributed by atoms with Crippen LogP contribution in [0.3, 0.4) is 0 Å². The Bertz CT molecular complexity index is 775. The van der Waals surface area contributed by atoms with Gasteiger partial charge in [-0.25, -0.2) is 4.79 Å². The molecule has 1 unspecified atom stereocenters. The monoisotopic (exact) mass is 344 g/mol. The highest BCUT2D eigenvalue weighted by Gasteiger charge is 2.17. The highest BCUT2D eigenvalue weighted by Crippen LogP contribution is 2.15. The predicted molar refractivity (Wildman–Crippen MR) is 92.3 cm³/mol. The Morgan fingerprint density at radius 2 is 1.80 bits per heavy atom. The first-order chi connectivity index (χ1) is 12.0. The van der Waals surface area contributed by atoms with Crippen molar-refractivity contribution in [2.24, 2.45) is 0 Å². The fourth-order valence-electron chi connectivity index (χ4n) is 2.29. The summed E-state index contributed by atoms with van der Waals surface area (Å²) in [4.78, 5) is 34.6. The van der Waals surface area contributed by atoms with Crippen LogP contribution in [0, 0.1) is 0 Å². The molecular formula is C18H20N2O5. The molecule has 2 rings (SSSR count). The molecule has 0 spiro atoms. The van der Waals surface area contributed by atoms with E-state index in [9.17, 15) is 14.4 Å². The molecule has 0 heterocycles. The maximum Gasteiger partial charge on any atom is 0.334 e. The van der Waals surface area contributed by atoms with Gasteiger partial charge in [-0.2, -0.15) is 0 Å². The Balaban J connectivity index is 1.79. The van der Waals surface area contributed by atoms with Gasteiger partial charge in [0.05, 0.1) is 6.54 Å². The van der Waals surface area contributed by atoms with Crippen LogP contribution in [-0.4, -0.2) is 49.2 Å². The molecule has 7 heteroatoms. The maximum absolute atomic E-state index is 12.1. The second kappa shape index (κ2) is 8.79. The van der Waals surface area contributed by atoms with E-state index in [-0.39, 0.29) is 31.3 Å². The van der Waals surface area contributed by atoms with E-state index >= 15 is 0 Å². The molecule has 0 aliphatic heterocycles. The van der Waals surface area contributed by atoms with E-state index in [0.717, 1.165) is 10.8 Å². The number of hydrogen-bond donors (Lipinski definition) is 3. The Kier molecular flexibility index (Phi) is 6.47. The predicted octanol–water partition coefficient (Wildman–Crippen LogP) is 1.18. The SMILES string of the molecule is COC(CNC(=O)CCNC(=O)c1ccc2ccccc2c1)C(=O)O. The molecule has 2 aromatic rings. The van der Waals surface area contributed by atoms with Crippen LogP contribution in [-0.2, 0) is 14.3 Å². The molecule has 0 saturated heterocycles. The first-order valence-electron chi connectivity index (χ1n) is 7.80. The van der Waals surface area contributed by atoms with Crippen LogP contribution in [0.2, 0.25) is 0 Å². The van der Waals surface area contributed by atoms with Crippen molar-refractivity contribution < 1.29 is 24.2 Å². The highest BCUT2D eigenvalue weighted by molar-refractivity contribution is 5.98. The first-order valence-corrected chi connectivity index (χ1v) is 7.80. The quantitative estimate of drug-likeness (QED) is 0.667. The van der Waals surface area contributed by atoms with Crippen molar-refractivity contribution in [2.75, 3.05) is 20.2 Å². The number of fused-ring (bicyclic) bond motifs is 1. The number of benzene rings is 2. The number of aliphatic carboxylic acids is 1. The van der Waals surface area contributed by atoms with E-state index in [1.54, 1.807) is 12.1 Å². The van der Waals surface area contributed by atoms with Crippen molar-refractivity contribution in [1.82, 2.24) is 10.6 Å². The largest absolute Gasteiger partial charge is 0.479 e. The normalized spacial score (nSPS) is 11.7. The van der Waals surface area contributed by atoms with Crippen LogP contribution in [0.4, 0.5) is 0 Å². The minimum Gasteiger partial charge on any atom is -0.479 e. The van der Waals surface area contributed by atoms with Gasteiger partial charge in [0.1, 0.15) is 0 Å². The van der Waals surface area contributed by atoms with Crippen molar-refractivity contribution in [2.45, 2.75) is 12.5 Å². The summed E-state index contributed by atoms with van der Waals surface area (Å²) in [5, 5.41) is 15.9. The van der Waals surface area contributed by atoms with Crippen LogP contribution >= 0.6 is 0 Å². The van der Waals surface area contributed by atoms with Crippen LogP contribution in [0.5, 0.6) is 0 Å². The number of methoxy groups -OCH3 is 1. The first kappa shape index (κ1) is 18.4. The van der Waals surface area contributed by atoms with E-state index < -0.39 is 12.1 Å². The summed E-state index contributed by atoms with van der Waals surface area (Å²) in [7, 11) is 1.26. The third-order valence-electron chi connectivity index (χ3n) is 3.69. The Morgan fingerprint density at radius 1 is 1.08 bits per heavy atom. The molecule has 25 heavy (non-hydrogen) atoms. The number of hydrogen-bond acceptors (Lipinski definition) is 4. The highest BCUT2D eigenvalue weighted by atomic mass is 16.5. The van der Waals surface area contributed by atoms with E-state index in [4.69, 9.17) is 9.84 Å². The van der Waals surface area contributed by atoms with Gasteiger partial charge in [0.25, 0.3) is 5.91 Å². The van der Waals surface area contributed by atoms with Gasteiger partial charge in [0.2, 0.25) is 5.91 Å². The Labute approximate surface area is 145 Å². The maximum atomic E-state index is 12.1. The molecule has 0 radical (unpaired) electrons. The number of carboxylic acid groups (broad SMARTS) is 1. The third-order valence-corrected chi connectivity index (χ3v) is 3.69. The van der Waals surface area contributed by atoms with Gasteiger partial charge in [0, 0.05) is 25.6 Å². The Hall–Kier alpha value is -2.93. The molecule has 0 aromatic heterocycles. The van der Waals surface area contributed by atoms with Crippen molar-refractivity contribution >= 4 is 28.6 Å². The molecule has 2 amide bonds. The smallest absolute Gasteiger partial charge is 0.334 e. The van der Waals surface area contributed by atoms with E-state index in [1.165, 1.54) is 7.11 Å². The molecule has 0 saturated carbocycles. The number of rotatable bonds is 8. The summed E-state index contributed by atoms with van der Waals surface area (Å²) < 4.78 is 4.71. The number of ether oxygens (including phenoxy) is 1. The van der Waals surface area contributed by atoms with Crippen molar-refractivity contribution in [3.05, 3.63) is 48.0 Å². The summed E-state index contributed by atoms with van der Waals surface area (Å²) >= 11 is 0. The number of amides is 2. The lowest BCUT2D eigenvalue weighted by atomic mass is 10.1. The minimum absolute atomic E-state index is 0.0510. The summed E-state index contributed by atoms with van der Waals surface area (Å²) in [6, 6.07) is 13.1. The lowest BCUT2D eigenvalue weighted by Crippen LogP contribution is -2.39. The summed E-state index contributed by atoms with van der Waals surface area (Å²) in [5.41, 5.74) is 0.518. The molecule has 0 aliphatic rings. The third kappa shape index (κ3) is 5.29. The standard InChI is InChI=1S/C18H20N2O5/c1-25-15(18(23)24)11-20-16(21)8-9-19-17(22)14-7-6-12-4-2-3-5-13(12)10-14/h2-7,10,15H,8-9,11H2,1H3,(H,19,22)(H,20,21)(H,23,24). The lowest BCUT2D eigenvalue weighted by molar-refractivity contribution is -0.148. The second-order valence-corrected chi connectivity index (χ2v) is 5.43. The van der Waals surface area contributed by atoms with Gasteiger partial charge < -0.3 is 20.5 Å². The topological polar surface area (TPSA) is 105 Å². The van der Waals surface area contributed by atoms with Gasteiger partial charge in [-0.3, -0.25) is 9.59 Å². The molecule has 0 bridgehead atoms. The molecule has 0 fully saturated rings. The lowest BCUT2D eigenvalue weighted by Gasteiger charge is -2.11. The zero-order valence-corrected chi connectivity index (χ0v) is 13.8. The number of carbonyl (C=O) groups is 3. The molecule has 0 aliphatic carbocycles. The summed E-state index contributed by atoms with van der Waals surface area (Å²) in [6.07, 6.45) is -1.04. The molecular weight excluding hydrogens is 324 g/mol. The van der Waals surface area contributed by atoms with Gasteiger partial charge in [-0.15, -0.1) is 0 Å². The van der Waals surface area contributed by atoms with Crippen LogP contribution < -0.4 is 10.6 Å². The summed E-state index contributed by atoms with van der Waals surface area (Å²) in [5.74, 6) is -1.77. The minimum atomic E-state index is -1.15. The van der Waals surface area contributed by atoms with Crippen LogP contribution in [0.1, 0.15) is 16.8 Å². The van der Waals surface area contributed by atoms with Crippen molar-refractivity contribution in [3.63, 3.8) is 0 Å². The van der Waals surface area contributed by atoms with Crippen LogP contribution in [0.15, 0.2) is 42.5 Å². The van der Waals surface area contributed by atoms with E-state index in [1.807, 2.05) is 30.3 Å². The Morgan fingerprint density at radius 3 is 2.48 bits per heavy atom. The zero-order chi connectivity index (χ0) is 18.2. The molecule has 7 nitrogen and oxygen atoms in total. The van der Waals surface area contributed by atoms with Crippen molar-refractivity contribution in [3.8, 4) is 0 Å². The van der Waals surface area contributed by atoms with Gasteiger partial charge >= 0.3 is 5.97 Å². The molecule has 3 N–H and O–H groups in total. The average Bonchev–Trinajstić information content (AvgIpc) is 2.61. The molecule has 132 valence electrons. The van der Waals surface area contributed by atoms with Crippen LogP contribution in [0.25, 0.3) is 10.8 Å². The van der Waals surface area contributed by atoms with E-state index in [0.29, 0.717) is 5.56 Å². The average molecular weight is 344 g/mol. The summed E-state index contributed by atoms with van der Waals surface area (Å²) in [6.45, 7) is 0.0332. The molecule has 1 atom stereocenters. The number of carboxylic acids is 1. The van der Waals surface area contributed by atoms with E-state index in [2.05, 4.69) is 10.6 Å². The van der Waals surface area contributed by atoms with Gasteiger partial charge in [-0.1, -0.05) is 30.3 Å². The fourth-order valence-corrected chi connectivity index (χ4v) is 2.29. The van der Waals surface area contributed by atoms with Gasteiger partial charge in [0.15, 0.2) is 6.10 Å². The second-order valence-electron chi connectivity index (χ2n) is 5.43. The van der Waals surface area contributed by atoms with Crippen molar-refractivity contribution in [1.29, 1.82) is 0 Å². The van der Waals surface area contributed by atoms with Gasteiger partial charge in [-0.05, 0) is 22.9 Å². The molecule has 2 aromatic carbocycles. The zero-order valence-electron chi connectivity index (χ0n) is 13.8. The number of nitrogens with one attached hydrogen (secondary N) is 2. The fraction of sp³-hybridized carbons (Fsp3) is 0.278.